The quantitative estimate of drug-likeness (QED) is 0.790. The summed E-state index contributed by atoms with van der Waals surface area (Å²) in [6.07, 6.45) is 1.51. The summed E-state index contributed by atoms with van der Waals surface area (Å²) in [4.78, 5) is 4.33. The maximum atomic E-state index is 12.5. The minimum Gasteiger partial charge on any atom is -0.449 e. The summed E-state index contributed by atoms with van der Waals surface area (Å²) in [6, 6.07) is 6.31. The smallest absolute Gasteiger partial charge is 0.243 e. The van der Waals surface area contributed by atoms with Crippen molar-refractivity contribution in [1.29, 1.82) is 0 Å². The number of hydrogen-bond donors (Lipinski definition) is 0. The predicted molar refractivity (Wildman–Crippen MR) is 88.7 cm³/mol. The second kappa shape index (κ2) is 5.98. The van der Waals surface area contributed by atoms with Crippen molar-refractivity contribution in [3.8, 4) is 11.3 Å². The molecule has 7 nitrogen and oxygen atoms in total. The van der Waals surface area contributed by atoms with E-state index in [4.69, 9.17) is 4.42 Å². The van der Waals surface area contributed by atoms with Gasteiger partial charge in [-0.15, -0.1) is 0 Å². The number of rotatable bonds is 5. The molecular weight excluding hydrogens is 352 g/mol. The van der Waals surface area contributed by atoms with E-state index in [-0.39, 0.29) is 23.7 Å². The Morgan fingerprint density at radius 2 is 1.79 bits per heavy atom. The van der Waals surface area contributed by atoms with Crippen LogP contribution in [0.1, 0.15) is 12.8 Å². The molecule has 0 atom stereocenters. The Morgan fingerprint density at radius 3 is 2.29 bits per heavy atom. The van der Waals surface area contributed by atoms with E-state index in [1.54, 1.807) is 26.0 Å². The van der Waals surface area contributed by atoms with Gasteiger partial charge in [0.1, 0.15) is 12.0 Å². The van der Waals surface area contributed by atoms with E-state index in [0.717, 1.165) is 5.56 Å². The molecule has 1 fully saturated rings. The predicted octanol–water partition coefficient (Wildman–Crippen LogP) is 1.46. The molecule has 0 bridgehead atoms. The van der Waals surface area contributed by atoms with E-state index in [2.05, 4.69) is 4.98 Å². The molecular formula is C15H18N2O5S2. The van der Waals surface area contributed by atoms with Gasteiger partial charge in [0.15, 0.2) is 15.7 Å². The van der Waals surface area contributed by atoms with Gasteiger partial charge in [0.25, 0.3) is 0 Å². The highest BCUT2D eigenvalue weighted by Crippen LogP contribution is 2.27. The van der Waals surface area contributed by atoms with Crippen molar-refractivity contribution in [1.82, 2.24) is 9.29 Å². The average Bonchev–Trinajstić information content (AvgIpc) is 2.92. The molecule has 1 saturated heterocycles. The van der Waals surface area contributed by atoms with Gasteiger partial charge in [-0.2, -0.15) is 4.31 Å². The highest BCUT2D eigenvalue weighted by molar-refractivity contribution is 7.92. The molecule has 0 aliphatic carbocycles. The fourth-order valence-corrected chi connectivity index (χ4v) is 5.51. The van der Waals surface area contributed by atoms with Crippen LogP contribution in [0.4, 0.5) is 0 Å². The summed E-state index contributed by atoms with van der Waals surface area (Å²) in [6.45, 7) is 3.33. The maximum absolute atomic E-state index is 12.5. The fourth-order valence-electron chi connectivity index (χ4n) is 2.50. The third-order valence-corrected chi connectivity index (χ3v) is 8.10. The zero-order valence-electron chi connectivity index (χ0n) is 13.3. The molecule has 130 valence electrons. The number of nitrogens with zero attached hydrogens (tertiary/aromatic N) is 2. The van der Waals surface area contributed by atoms with Crippen LogP contribution in [0.25, 0.3) is 11.3 Å². The van der Waals surface area contributed by atoms with Crippen molar-refractivity contribution in [3.63, 3.8) is 0 Å². The van der Waals surface area contributed by atoms with E-state index in [1.165, 1.54) is 22.7 Å². The number of aryl methyl sites for hydroxylation is 1. The molecule has 3 rings (SSSR count). The molecule has 1 aromatic heterocycles. The van der Waals surface area contributed by atoms with Crippen molar-refractivity contribution < 1.29 is 21.3 Å². The molecule has 0 spiro atoms. The summed E-state index contributed by atoms with van der Waals surface area (Å²) in [5.41, 5.74) is 1.38. The zero-order chi connectivity index (χ0) is 17.5. The van der Waals surface area contributed by atoms with Crippen molar-refractivity contribution in [3.05, 3.63) is 36.4 Å². The van der Waals surface area contributed by atoms with Crippen molar-refractivity contribution >= 4 is 19.9 Å². The lowest BCUT2D eigenvalue weighted by Gasteiger charge is -2.37. The minimum absolute atomic E-state index is 0.0166. The lowest BCUT2D eigenvalue weighted by molar-refractivity contribution is 0.310. The Morgan fingerprint density at radius 1 is 1.17 bits per heavy atom. The van der Waals surface area contributed by atoms with Crippen molar-refractivity contribution in [2.24, 2.45) is 0 Å². The van der Waals surface area contributed by atoms with Crippen LogP contribution in [0.15, 0.2) is 39.8 Å². The first kappa shape index (κ1) is 17.1. The van der Waals surface area contributed by atoms with E-state index >= 15 is 0 Å². The van der Waals surface area contributed by atoms with E-state index in [1.807, 2.05) is 0 Å². The minimum atomic E-state index is -3.67. The first-order chi connectivity index (χ1) is 11.2. The molecule has 0 unspecified atom stereocenters. The molecule has 0 radical (unpaired) electrons. The second-order valence-electron chi connectivity index (χ2n) is 5.67. The number of sulfonamides is 1. The Balaban J connectivity index is 1.77. The van der Waals surface area contributed by atoms with Gasteiger partial charge in [0.2, 0.25) is 10.0 Å². The van der Waals surface area contributed by atoms with E-state index in [9.17, 15) is 16.8 Å². The Hall–Kier alpha value is -1.71. The largest absolute Gasteiger partial charge is 0.449 e. The van der Waals surface area contributed by atoms with Crippen molar-refractivity contribution in [2.75, 3.05) is 18.8 Å². The lowest BCUT2D eigenvalue weighted by atomic mass is 10.2. The first-order valence-electron chi connectivity index (χ1n) is 7.48. The average molecular weight is 370 g/mol. The van der Waals surface area contributed by atoms with Crippen LogP contribution >= 0.6 is 0 Å². The Kier molecular flexibility index (Phi) is 4.27. The van der Waals surface area contributed by atoms with Crippen LogP contribution in [0.2, 0.25) is 0 Å². The Labute approximate surface area is 141 Å². The Bertz CT molecular complexity index is 940. The standard InChI is InChI=1S/C15H18N2O5S2/c1-3-23(18,19)14-8-17(9-14)24(20,21)13-6-4-12(5-7-13)15-10-22-11(2)16-15/h4-7,10,14H,3,8-9H2,1-2H3. The topological polar surface area (TPSA) is 97.6 Å². The summed E-state index contributed by atoms with van der Waals surface area (Å²) in [5, 5.41) is -0.602. The maximum Gasteiger partial charge on any atom is 0.243 e. The van der Waals surface area contributed by atoms with Gasteiger partial charge in [0, 0.05) is 31.3 Å². The number of oxazole rings is 1. The lowest BCUT2D eigenvalue weighted by Crippen LogP contribution is -2.57. The number of benzene rings is 1. The summed E-state index contributed by atoms with van der Waals surface area (Å²) < 4.78 is 54.9. The van der Waals surface area contributed by atoms with Gasteiger partial charge < -0.3 is 4.42 Å². The van der Waals surface area contributed by atoms with Crippen LogP contribution < -0.4 is 0 Å². The fraction of sp³-hybridized carbons (Fsp3) is 0.400. The van der Waals surface area contributed by atoms with Crippen LogP contribution in [0.3, 0.4) is 0 Å². The van der Waals surface area contributed by atoms with Crippen LogP contribution in [-0.4, -0.2) is 50.2 Å². The molecule has 1 aliphatic heterocycles. The molecule has 1 aliphatic rings. The number of aromatic nitrogens is 1. The highest BCUT2D eigenvalue weighted by Gasteiger charge is 2.42. The van der Waals surface area contributed by atoms with Crippen LogP contribution in [0, 0.1) is 6.92 Å². The van der Waals surface area contributed by atoms with Gasteiger partial charge in [-0.25, -0.2) is 21.8 Å². The summed E-state index contributed by atoms with van der Waals surface area (Å²) in [5.74, 6) is 0.558. The molecule has 9 heteroatoms. The van der Waals surface area contributed by atoms with Crippen LogP contribution in [0.5, 0.6) is 0 Å². The molecule has 2 heterocycles. The van der Waals surface area contributed by atoms with Gasteiger partial charge in [-0.1, -0.05) is 19.1 Å². The molecule has 0 saturated carbocycles. The van der Waals surface area contributed by atoms with Crippen LogP contribution in [-0.2, 0) is 19.9 Å². The number of sulfone groups is 1. The molecule has 1 aromatic carbocycles. The molecule has 2 aromatic rings. The molecule has 24 heavy (non-hydrogen) atoms. The third-order valence-electron chi connectivity index (χ3n) is 4.13. The second-order valence-corrected chi connectivity index (χ2v) is 10.2. The van der Waals surface area contributed by atoms with Gasteiger partial charge in [-0.3, -0.25) is 0 Å². The summed E-state index contributed by atoms with van der Waals surface area (Å²) in [7, 11) is -6.87. The normalized spacial score (nSPS) is 16.9. The summed E-state index contributed by atoms with van der Waals surface area (Å²) >= 11 is 0. The van der Waals surface area contributed by atoms with Gasteiger partial charge in [-0.05, 0) is 12.1 Å². The highest BCUT2D eigenvalue weighted by atomic mass is 32.2. The monoisotopic (exact) mass is 370 g/mol. The van der Waals surface area contributed by atoms with E-state index in [0.29, 0.717) is 11.6 Å². The van der Waals surface area contributed by atoms with E-state index < -0.39 is 25.1 Å². The van der Waals surface area contributed by atoms with Gasteiger partial charge in [0.05, 0.1) is 10.1 Å². The van der Waals surface area contributed by atoms with Crippen molar-refractivity contribution in [2.45, 2.75) is 24.0 Å². The molecule has 0 amide bonds. The first-order valence-corrected chi connectivity index (χ1v) is 10.6. The zero-order valence-corrected chi connectivity index (χ0v) is 15.0. The molecule has 0 N–H and O–H groups in total. The SMILES string of the molecule is CCS(=O)(=O)C1CN(S(=O)(=O)c2ccc(-c3coc(C)n3)cc2)C1. The number of hydrogen-bond acceptors (Lipinski definition) is 6. The third kappa shape index (κ3) is 2.99. The van der Waals surface area contributed by atoms with Gasteiger partial charge >= 0.3 is 0 Å².